The van der Waals surface area contributed by atoms with Gasteiger partial charge in [-0.2, -0.15) is 0 Å². The first kappa shape index (κ1) is 9.59. The summed E-state index contributed by atoms with van der Waals surface area (Å²) in [7, 11) is 0. The van der Waals surface area contributed by atoms with E-state index in [1.807, 2.05) is 6.92 Å². The summed E-state index contributed by atoms with van der Waals surface area (Å²) in [6, 6.07) is 3.45. The van der Waals surface area contributed by atoms with Gasteiger partial charge in [0.15, 0.2) is 5.76 Å². The number of carbonyl (C=O) groups excluding carboxylic acids is 1. The van der Waals surface area contributed by atoms with Crippen molar-refractivity contribution in [1.29, 1.82) is 0 Å². The predicted octanol–water partition coefficient (Wildman–Crippen LogP) is 2.09. The summed E-state index contributed by atoms with van der Waals surface area (Å²) >= 11 is 5.75. The molecule has 4 heteroatoms. The molecule has 76 valence electrons. The minimum Gasteiger partial charge on any atom is -0.456 e. The molecule has 3 nitrogen and oxygen atoms in total. The van der Waals surface area contributed by atoms with Gasteiger partial charge in [0, 0.05) is 5.88 Å². The van der Waals surface area contributed by atoms with E-state index in [0.29, 0.717) is 11.6 Å². The van der Waals surface area contributed by atoms with E-state index in [4.69, 9.17) is 16.0 Å². The number of amides is 1. The maximum atomic E-state index is 11.6. The second-order valence-corrected chi connectivity index (χ2v) is 4.05. The monoisotopic (exact) mass is 213 g/mol. The SMILES string of the molecule is Cc1ccc(C(=O)NC2(CCl)CC2)o1. The zero-order valence-corrected chi connectivity index (χ0v) is 8.73. The molecule has 1 aromatic heterocycles. The van der Waals surface area contributed by atoms with Gasteiger partial charge >= 0.3 is 0 Å². The Balaban J connectivity index is 2.03. The third kappa shape index (κ3) is 1.77. The zero-order valence-electron chi connectivity index (χ0n) is 7.97. The summed E-state index contributed by atoms with van der Waals surface area (Å²) in [6.45, 7) is 1.81. The second kappa shape index (κ2) is 3.31. The number of carbonyl (C=O) groups is 1. The van der Waals surface area contributed by atoms with Gasteiger partial charge in [-0.25, -0.2) is 0 Å². The van der Waals surface area contributed by atoms with Crippen molar-refractivity contribution in [2.24, 2.45) is 0 Å². The normalized spacial score (nSPS) is 17.9. The molecular formula is C10H12ClNO2. The van der Waals surface area contributed by atoms with Crippen LogP contribution in [0.3, 0.4) is 0 Å². The van der Waals surface area contributed by atoms with Crippen LogP contribution in [0.15, 0.2) is 16.5 Å². The van der Waals surface area contributed by atoms with Crippen LogP contribution >= 0.6 is 11.6 Å². The van der Waals surface area contributed by atoms with Gasteiger partial charge in [0.05, 0.1) is 5.54 Å². The summed E-state index contributed by atoms with van der Waals surface area (Å²) in [6.07, 6.45) is 1.92. The van der Waals surface area contributed by atoms with Gasteiger partial charge < -0.3 is 9.73 Å². The van der Waals surface area contributed by atoms with Crippen LogP contribution in [-0.4, -0.2) is 17.3 Å². The highest BCUT2D eigenvalue weighted by atomic mass is 35.5. The van der Waals surface area contributed by atoms with Crippen LogP contribution in [0.4, 0.5) is 0 Å². The van der Waals surface area contributed by atoms with Crippen LogP contribution in [0.25, 0.3) is 0 Å². The van der Waals surface area contributed by atoms with Gasteiger partial charge in [-0.05, 0) is 31.9 Å². The molecule has 1 fully saturated rings. The molecule has 2 rings (SSSR count). The average Bonchev–Trinajstić information content (AvgIpc) is 2.80. The molecule has 1 aliphatic rings. The number of furan rings is 1. The van der Waals surface area contributed by atoms with E-state index in [1.165, 1.54) is 0 Å². The average molecular weight is 214 g/mol. The zero-order chi connectivity index (χ0) is 10.2. The van der Waals surface area contributed by atoms with Crippen molar-refractivity contribution < 1.29 is 9.21 Å². The van der Waals surface area contributed by atoms with Crippen molar-refractivity contribution in [3.8, 4) is 0 Å². The second-order valence-electron chi connectivity index (χ2n) is 3.78. The summed E-state index contributed by atoms with van der Waals surface area (Å²) in [5.74, 6) is 1.40. The summed E-state index contributed by atoms with van der Waals surface area (Å²) in [4.78, 5) is 11.6. The lowest BCUT2D eigenvalue weighted by Gasteiger charge is -2.12. The standard InChI is InChI=1S/C10H12ClNO2/c1-7-2-3-8(14-7)9(13)12-10(6-11)4-5-10/h2-3H,4-6H2,1H3,(H,12,13). The van der Waals surface area contributed by atoms with Gasteiger partial charge in [-0.3, -0.25) is 4.79 Å². The van der Waals surface area contributed by atoms with Crippen LogP contribution in [0.1, 0.15) is 29.2 Å². The van der Waals surface area contributed by atoms with Gasteiger partial charge in [0.2, 0.25) is 0 Å². The minimum atomic E-state index is -0.170. The number of hydrogen-bond donors (Lipinski definition) is 1. The fourth-order valence-electron chi connectivity index (χ4n) is 1.30. The van der Waals surface area contributed by atoms with Crippen molar-refractivity contribution in [1.82, 2.24) is 5.32 Å². The minimum absolute atomic E-state index is 0.167. The lowest BCUT2D eigenvalue weighted by molar-refractivity contribution is 0.0906. The quantitative estimate of drug-likeness (QED) is 0.782. The van der Waals surface area contributed by atoms with E-state index in [1.54, 1.807) is 12.1 Å². The Morgan fingerprint density at radius 3 is 2.79 bits per heavy atom. The van der Waals surface area contributed by atoms with Crippen molar-refractivity contribution in [2.45, 2.75) is 25.3 Å². The van der Waals surface area contributed by atoms with Gasteiger partial charge in [0.1, 0.15) is 5.76 Å². The van der Waals surface area contributed by atoms with Crippen LogP contribution < -0.4 is 5.32 Å². The fourth-order valence-corrected chi connectivity index (χ4v) is 1.64. The molecule has 0 aromatic carbocycles. The lowest BCUT2D eigenvalue weighted by atomic mass is 10.3. The Morgan fingerprint density at radius 2 is 2.36 bits per heavy atom. The number of nitrogens with one attached hydrogen (secondary N) is 1. The molecule has 14 heavy (non-hydrogen) atoms. The third-order valence-electron chi connectivity index (χ3n) is 2.45. The number of halogens is 1. The van der Waals surface area contributed by atoms with E-state index < -0.39 is 0 Å². The molecule has 0 unspecified atom stereocenters. The Morgan fingerprint density at radius 1 is 1.64 bits per heavy atom. The van der Waals surface area contributed by atoms with E-state index in [2.05, 4.69) is 5.32 Å². The van der Waals surface area contributed by atoms with Crippen LogP contribution in [-0.2, 0) is 0 Å². The molecule has 1 aliphatic carbocycles. The van der Waals surface area contributed by atoms with Gasteiger partial charge in [-0.15, -0.1) is 11.6 Å². The van der Waals surface area contributed by atoms with E-state index in [0.717, 1.165) is 18.6 Å². The molecule has 1 amide bonds. The van der Waals surface area contributed by atoms with Gasteiger partial charge in [0.25, 0.3) is 5.91 Å². The molecule has 0 bridgehead atoms. The highest BCUT2D eigenvalue weighted by molar-refractivity contribution is 6.19. The van der Waals surface area contributed by atoms with Crippen molar-refractivity contribution in [3.63, 3.8) is 0 Å². The number of alkyl halides is 1. The molecule has 0 aliphatic heterocycles. The molecule has 1 heterocycles. The molecule has 1 saturated carbocycles. The summed E-state index contributed by atoms with van der Waals surface area (Å²) in [5.41, 5.74) is -0.167. The topological polar surface area (TPSA) is 42.2 Å². The summed E-state index contributed by atoms with van der Waals surface area (Å²) in [5, 5.41) is 2.88. The molecule has 1 N–H and O–H groups in total. The smallest absolute Gasteiger partial charge is 0.287 e. The highest BCUT2D eigenvalue weighted by Gasteiger charge is 2.43. The molecular weight excluding hydrogens is 202 g/mol. The van der Waals surface area contributed by atoms with Crippen molar-refractivity contribution in [2.75, 3.05) is 5.88 Å². The van der Waals surface area contributed by atoms with Crippen LogP contribution in [0, 0.1) is 6.92 Å². The Hall–Kier alpha value is -0.960. The number of rotatable bonds is 3. The Labute approximate surface area is 87.4 Å². The Kier molecular flexibility index (Phi) is 2.27. The van der Waals surface area contributed by atoms with E-state index >= 15 is 0 Å². The number of aryl methyl sites for hydroxylation is 1. The van der Waals surface area contributed by atoms with Crippen LogP contribution in [0.5, 0.6) is 0 Å². The molecule has 0 atom stereocenters. The maximum absolute atomic E-state index is 11.6. The van der Waals surface area contributed by atoms with Crippen LogP contribution in [0.2, 0.25) is 0 Å². The molecule has 0 saturated heterocycles. The lowest BCUT2D eigenvalue weighted by Crippen LogP contribution is -2.37. The van der Waals surface area contributed by atoms with E-state index in [9.17, 15) is 4.79 Å². The van der Waals surface area contributed by atoms with Crippen molar-refractivity contribution >= 4 is 17.5 Å². The first-order valence-corrected chi connectivity index (χ1v) is 5.14. The molecule has 0 spiro atoms. The largest absolute Gasteiger partial charge is 0.456 e. The van der Waals surface area contributed by atoms with Crippen molar-refractivity contribution in [3.05, 3.63) is 23.7 Å². The predicted molar refractivity (Wildman–Crippen MR) is 53.6 cm³/mol. The highest BCUT2D eigenvalue weighted by Crippen LogP contribution is 2.36. The molecule has 0 radical (unpaired) electrons. The van der Waals surface area contributed by atoms with E-state index in [-0.39, 0.29) is 11.4 Å². The first-order valence-electron chi connectivity index (χ1n) is 4.60. The molecule has 1 aromatic rings. The number of hydrogen-bond acceptors (Lipinski definition) is 2. The maximum Gasteiger partial charge on any atom is 0.287 e. The summed E-state index contributed by atoms with van der Waals surface area (Å²) < 4.78 is 5.21. The first-order chi connectivity index (χ1) is 6.65. The fraction of sp³-hybridized carbons (Fsp3) is 0.500. The van der Waals surface area contributed by atoms with Gasteiger partial charge in [-0.1, -0.05) is 0 Å². The Bertz CT molecular complexity index is 355. The third-order valence-corrected chi connectivity index (χ3v) is 2.96.